The molecule has 0 bridgehead atoms. The summed E-state index contributed by atoms with van der Waals surface area (Å²) in [6, 6.07) is 16.6. The van der Waals surface area contributed by atoms with Gasteiger partial charge >= 0.3 is 0 Å². The van der Waals surface area contributed by atoms with E-state index in [0.29, 0.717) is 5.56 Å². The third-order valence-electron chi connectivity index (χ3n) is 3.53. The van der Waals surface area contributed by atoms with Crippen molar-refractivity contribution in [2.75, 3.05) is 5.43 Å². The molecule has 0 spiro atoms. The van der Waals surface area contributed by atoms with E-state index < -0.39 is 17.5 Å². The molecule has 26 heavy (non-hydrogen) atoms. The molecule has 0 aliphatic rings. The molecule has 0 aromatic heterocycles. The van der Waals surface area contributed by atoms with Gasteiger partial charge in [-0.15, -0.1) is 0 Å². The largest absolute Gasteiger partial charge is 0.486 e. The smallest absolute Gasteiger partial charge is 0.165 e. The van der Waals surface area contributed by atoms with Gasteiger partial charge in [0.05, 0.1) is 11.9 Å². The molecular weight excluding hydrogens is 341 g/mol. The van der Waals surface area contributed by atoms with E-state index in [9.17, 15) is 13.2 Å². The van der Waals surface area contributed by atoms with Crippen molar-refractivity contribution < 1.29 is 17.9 Å². The Balaban J connectivity index is 1.63. The fourth-order valence-electron chi connectivity index (χ4n) is 2.22. The summed E-state index contributed by atoms with van der Waals surface area (Å²) in [7, 11) is 0. The molecule has 3 aromatic rings. The number of hydrogen-bond acceptors (Lipinski definition) is 3. The van der Waals surface area contributed by atoms with Gasteiger partial charge in [-0.3, -0.25) is 5.43 Å². The van der Waals surface area contributed by atoms with Gasteiger partial charge in [0, 0.05) is 5.56 Å². The lowest BCUT2D eigenvalue weighted by atomic mass is 10.2. The Bertz CT molecular complexity index is 914. The number of hydrogen-bond donors (Lipinski definition) is 1. The van der Waals surface area contributed by atoms with E-state index in [1.165, 1.54) is 18.3 Å². The van der Waals surface area contributed by atoms with Gasteiger partial charge in [0.25, 0.3) is 0 Å². The van der Waals surface area contributed by atoms with E-state index in [0.717, 1.165) is 23.9 Å². The minimum absolute atomic E-state index is 0.0158. The monoisotopic (exact) mass is 356 g/mol. The van der Waals surface area contributed by atoms with Crippen LogP contribution in [-0.4, -0.2) is 6.21 Å². The SMILES string of the molecule is Fc1ccc(F)c(COc2ccc(C=NNc3ccccc3)cc2F)c1. The Morgan fingerprint density at radius 3 is 2.46 bits per heavy atom. The Labute approximate surface area is 148 Å². The topological polar surface area (TPSA) is 33.6 Å². The molecule has 1 N–H and O–H groups in total. The molecule has 132 valence electrons. The molecule has 3 nitrogen and oxygen atoms in total. The minimum atomic E-state index is -0.620. The Kier molecular flexibility index (Phi) is 5.53. The average molecular weight is 356 g/mol. The maximum absolute atomic E-state index is 14.1. The number of rotatable bonds is 6. The minimum Gasteiger partial charge on any atom is -0.486 e. The fraction of sp³-hybridized carbons (Fsp3) is 0.0500. The van der Waals surface area contributed by atoms with Crippen LogP contribution in [0.4, 0.5) is 18.9 Å². The molecule has 0 radical (unpaired) electrons. The van der Waals surface area contributed by atoms with Crippen LogP contribution in [0.2, 0.25) is 0 Å². The first-order chi connectivity index (χ1) is 12.6. The fourth-order valence-corrected chi connectivity index (χ4v) is 2.22. The van der Waals surface area contributed by atoms with Gasteiger partial charge in [-0.05, 0) is 54.1 Å². The first kappa shape index (κ1) is 17.5. The zero-order valence-electron chi connectivity index (χ0n) is 13.6. The van der Waals surface area contributed by atoms with Crippen molar-refractivity contribution >= 4 is 11.9 Å². The van der Waals surface area contributed by atoms with Gasteiger partial charge in [0.2, 0.25) is 0 Å². The molecule has 0 unspecified atom stereocenters. The Hall–Kier alpha value is -3.28. The summed E-state index contributed by atoms with van der Waals surface area (Å²) in [6.45, 7) is -0.274. The Morgan fingerprint density at radius 1 is 0.885 bits per heavy atom. The van der Waals surface area contributed by atoms with E-state index in [1.54, 1.807) is 6.07 Å². The van der Waals surface area contributed by atoms with Gasteiger partial charge in [-0.25, -0.2) is 13.2 Å². The predicted octanol–water partition coefficient (Wildman–Crippen LogP) is 5.13. The molecule has 0 aliphatic carbocycles. The summed E-state index contributed by atoms with van der Waals surface area (Å²) in [5, 5.41) is 4.02. The zero-order chi connectivity index (χ0) is 18.4. The highest BCUT2D eigenvalue weighted by atomic mass is 19.1. The standard InChI is InChI=1S/C20H15F3N2O/c21-16-7-8-18(22)15(11-16)13-26-20-9-6-14(10-19(20)23)12-24-25-17-4-2-1-3-5-17/h1-12,25H,13H2. The summed E-state index contributed by atoms with van der Waals surface area (Å²) in [5.41, 5.74) is 4.17. The number of halogens is 3. The summed E-state index contributed by atoms with van der Waals surface area (Å²) >= 11 is 0. The molecule has 0 amide bonds. The molecule has 0 saturated carbocycles. The van der Waals surface area contributed by atoms with Crippen molar-refractivity contribution in [2.24, 2.45) is 5.10 Å². The van der Waals surface area contributed by atoms with E-state index in [-0.39, 0.29) is 17.9 Å². The number of hydrazone groups is 1. The van der Waals surface area contributed by atoms with Crippen molar-refractivity contribution in [1.82, 2.24) is 0 Å². The van der Waals surface area contributed by atoms with Crippen LogP contribution in [0.5, 0.6) is 5.75 Å². The highest BCUT2D eigenvalue weighted by Crippen LogP contribution is 2.20. The van der Waals surface area contributed by atoms with Crippen molar-refractivity contribution in [3.63, 3.8) is 0 Å². The highest BCUT2D eigenvalue weighted by molar-refractivity contribution is 5.80. The average Bonchev–Trinajstić information content (AvgIpc) is 2.64. The summed E-state index contributed by atoms with van der Waals surface area (Å²) in [5.74, 6) is -1.86. The lowest BCUT2D eigenvalue weighted by Crippen LogP contribution is -2.01. The van der Waals surface area contributed by atoms with Crippen molar-refractivity contribution in [2.45, 2.75) is 6.61 Å². The van der Waals surface area contributed by atoms with E-state index in [1.807, 2.05) is 30.3 Å². The van der Waals surface area contributed by atoms with Crippen LogP contribution in [0.1, 0.15) is 11.1 Å². The number of nitrogens with zero attached hydrogens (tertiary/aromatic N) is 1. The highest BCUT2D eigenvalue weighted by Gasteiger charge is 2.08. The van der Waals surface area contributed by atoms with Crippen molar-refractivity contribution in [1.29, 1.82) is 0 Å². The number of nitrogens with one attached hydrogen (secondary N) is 1. The predicted molar refractivity (Wildman–Crippen MR) is 94.7 cm³/mol. The van der Waals surface area contributed by atoms with Gasteiger partial charge in [-0.1, -0.05) is 18.2 Å². The molecule has 0 saturated heterocycles. The van der Waals surface area contributed by atoms with Crippen LogP contribution >= 0.6 is 0 Å². The second-order valence-electron chi connectivity index (χ2n) is 5.45. The van der Waals surface area contributed by atoms with E-state index in [2.05, 4.69) is 10.5 Å². The van der Waals surface area contributed by atoms with Crippen LogP contribution in [0, 0.1) is 17.5 Å². The maximum atomic E-state index is 14.1. The number of para-hydroxylation sites is 1. The van der Waals surface area contributed by atoms with E-state index >= 15 is 0 Å². The number of benzene rings is 3. The quantitative estimate of drug-likeness (QED) is 0.491. The van der Waals surface area contributed by atoms with Crippen LogP contribution in [0.3, 0.4) is 0 Å². The van der Waals surface area contributed by atoms with E-state index in [4.69, 9.17) is 4.74 Å². The molecule has 3 rings (SSSR count). The molecule has 0 heterocycles. The lowest BCUT2D eigenvalue weighted by molar-refractivity contribution is 0.284. The Morgan fingerprint density at radius 2 is 1.69 bits per heavy atom. The third-order valence-corrected chi connectivity index (χ3v) is 3.53. The first-order valence-corrected chi connectivity index (χ1v) is 7.82. The van der Waals surface area contributed by atoms with Crippen molar-refractivity contribution in [3.8, 4) is 5.75 Å². The summed E-state index contributed by atoms with van der Waals surface area (Å²) in [6.07, 6.45) is 1.46. The second kappa shape index (κ2) is 8.20. The first-order valence-electron chi connectivity index (χ1n) is 7.82. The van der Waals surface area contributed by atoms with Gasteiger partial charge < -0.3 is 4.74 Å². The maximum Gasteiger partial charge on any atom is 0.165 e. The normalized spacial score (nSPS) is 10.9. The van der Waals surface area contributed by atoms with Gasteiger partial charge in [0.1, 0.15) is 18.2 Å². The zero-order valence-corrected chi connectivity index (χ0v) is 13.6. The molecule has 0 aliphatic heterocycles. The molecule has 6 heteroatoms. The van der Waals surface area contributed by atoms with Crippen LogP contribution in [-0.2, 0) is 6.61 Å². The lowest BCUT2D eigenvalue weighted by Gasteiger charge is -2.09. The summed E-state index contributed by atoms with van der Waals surface area (Å²) in [4.78, 5) is 0. The number of ether oxygens (including phenoxy) is 1. The third kappa shape index (κ3) is 4.63. The van der Waals surface area contributed by atoms with Gasteiger partial charge in [0.15, 0.2) is 11.6 Å². The molecule has 3 aromatic carbocycles. The molecular formula is C20H15F3N2O. The van der Waals surface area contributed by atoms with Crippen LogP contribution in [0.25, 0.3) is 0 Å². The molecule has 0 fully saturated rings. The van der Waals surface area contributed by atoms with Crippen LogP contribution < -0.4 is 10.2 Å². The number of anilines is 1. The van der Waals surface area contributed by atoms with Crippen molar-refractivity contribution in [3.05, 3.63) is 95.3 Å². The second-order valence-corrected chi connectivity index (χ2v) is 5.45. The van der Waals surface area contributed by atoms with Gasteiger partial charge in [-0.2, -0.15) is 5.10 Å². The summed E-state index contributed by atoms with van der Waals surface area (Å²) < 4.78 is 46.0. The van der Waals surface area contributed by atoms with Crippen LogP contribution in [0.15, 0.2) is 71.8 Å². The molecule has 0 atom stereocenters.